The van der Waals surface area contributed by atoms with Crippen LogP contribution in [0.25, 0.3) is 38.8 Å². The first kappa shape index (κ1) is 24.9. The summed E-state index contributed by atoms with van der Waals surface area (Å²) >= 11 is 0. The molecule has 5 heteroatoms. The standard InChI is InChI=1S/C32H25N3O.Pt/c1-3-22-17-19-34-32(26(22)4-2)36-25-11-9-10-23(20-25)24-15-16-28-27-12-5-6-13-29(27)35(30(28)21-24)31-14-7-8-18-33-31;/h5-19H,3-4H2,1-2H3;/q-2;+2. The molecule has 0 radical (unpaired) electrons. The van der Waals surface area contributed by atoms with E-state index in [1.165, 1.54) is 10.9 Å². The van der Waals surface area contributed by atoms with E-state index in [4.69, 9.17) is 4.74 Å². The topological polar surface area (TPSA) is 39.9 Å². The van der Waals surface area contributed by atoms with Crippen LogP contribution in [-0.4, -0.2) is 14.5 Å². The molecule has 37 heavy (non-hydrogen) atoms. The number of aromatic nitrogens is 3. The van der Waals surface area contributed by atoms with Crippen molar-refractivity contribution in [3.05, 3.63) is 115 Å². The van der Waals surface area contributed by atoms with Crippen molar-refractivity contribution in [2.24, 2.45) is 0 Å². The minimum Gasteiger partial charge on any atom is -0.460 e. The summed E-state index contributed by atoms with van der Waals surface area (Å²) in [5.74, 6) is 2.16. The van der Waals surface area contributed by atoms with Crippen molar-refractivity contribution in [1.82, 2.24) is 14.5 Å². The van der Waals surface area contributed by atoms with E-state index >= 15 is 0 Å². The van der Waals surface area contributed by atoms with Crippen LogP contribution in [0.15, 0.2) is 91.3 Å². The van der Waals surface area contributed by atoms with Gasteiger partial charge >= 0.3 is 21.1 Å². The Bertz CT molecular complexity index is 1690. The third-order valence-electron chi connectivity index (χ3n) is 6.57. The van der Waals surface area contributed by atoms with E-state index < -0.39 is 0 Å². The summed E-state index contributed by atoms with van der Waals surface area (Å²) in [7, 11) is 0. The molecule has 0 saturated heterocycles. The third kappa shape index (κ3) is 4.58. The van der Waals surface area contributed by atoms with Crippen LogP contribution < -0.4 is 4.74 Å². The molecule has 3 heterocycles. The second-order valence-corrected chi connectivity index (χ2v) is 8.67. The van der Waals surface area contributed by atoms with Crippen molar-refractivity contribution < 1.29 is 25.8 Å². The van der Waals surface area contributed by atoms with Crippen molar-refractivity contribution in [2.75, 3.05) is 0 Å². The summed E-state index contributed by atoms with van der Waals surface area (Å²) in [5, 5.41) is 2.32. The largest absolute Gasteiger partial charge is 2.00 e. The number of pyridine rings is 2. The molecule has 0 atom stereocenters. The third-order valence-corrected chi connectivity index (χ3v) is 6.57. The van der Waals surface area contributed by atoms with E-state index in [9.17, 15) is 0 Å². The summed E-state index contributed by atoms with van der Waals surface area (Å²) in [6.07, 6.45) is 5.45. The number of aryl methyl sites for hydroxylation is 1. The van der Waals surface area contributed by atoms with Gasteiger partial charge in [0.15, 0.2) is 0 Å². The van der Waals surface area contributed by atoms with Gasteiger partial charge in [0.2, 0.25) is 5.88 Å². The maximum absolute atomic E-state index is 6.24. The summed E-state index contributed by atoms with van der Waals surface area (Å²) in [4.78, 5) is 9.13. The smallest absolute Gasteiger partial charge is 0.460 e. The van der Waals surface area contributed by atoms with Gasteiger partial charge in [0.1, 0.15) is 5.82 Å². The zero-order valence-corrected chi connectivity index (χ0v) is 22.9. The average Bonchev–Trinajstić information content (AvgIpc) is 3.27. The Labute approximate surface area is 231 Å². The molecule has 0 amide bonds. The van der Waals surface area contributed by atoms with E-state index in [1.54, 1.807) is 0 Å². The second kappa shape index (κ2) is 10.7. The number of fused-ring (bicyclic) bond motifs is 3. The number of benzene rings is 3. The molecular weight excluding hydrogens is 637 g/mol. The van der Waals surface area contributed by atoms with E-state index in [0.29, 0.717) is 11.6 Å². The molecular formula is C32H25N3OPt. The van der Waals surface area contributed by atoms with Crippen LogP contribution in [0.5, 0.6) is 11.6 Å². The van der Waals surface area contributed by atoms with Gasteiger partial charge in [-0.15, -0.1) is 18.2 Å². The van der Waals surface area contributed by atoms with Crippen molar-refractivity contribution in [2.45, 2.75) is 26.7 Å². The van der Waals surface area contributed by atoms with Gasteiger partial charge in [0, 0.05) is 29.2 Å². The zero-order chi connectivity index (χ0) is 24.5. The molecule has 0 aliphatic heterocycles. The summed E-state index contributed by atoms with van der Waals surface area (Å²) < 4.78 is 8.41. The Hall–Kier alpha value is -3.75. The predicted octanol–water partition coefficient (Wildman–Crippen LogP) is 7.76. The molecule has 0 N–H and O–H groups in total. The maximum Gasteiger partial charge on any atom is 2.00 e. The van der Waals surface area contributed by atoms with E-state index in [2.05, 4.69) is 83.0 Å². The molecule has 3 aromatic heterocycles. The van der Waals surface area contributed by atoms with Crippen LogP contribution in [0.2, 0.25) is 0 Å². The number of para-hydroxylation sites is 1. The molecule has 0 aliphatic rings. The van der Waals surface area contributed by atoms with Gasteiger partial charge in [-0.3, -0.25) is 0 Å². The molecule has 3 aromatic carbocycles. The molecule has 6 rings (SSSR count). The van der Waals surface area contributed by atoms with E-state index in [-0.39, 0.29) is 21.1 Å². The molecule has 184 valence electrons. The number of hydrogen-bond donors (Lipinski definition) is 0. The zero-order valence-electron chi connectivity index (χ0n) is 20.6. The van der Waals surface area contributed by atoms with Crippen molar-refractivity contribution >= 4 is 21.8 Å². The molecule has 0 fully saturated rings. The van der Waals surface area contributed by atoms with Gasteiger partial charge in [-0.2, -0.15) is 24.3 Å². The minimum atomic E-state index is 0. The number of rotatable bonds is 6. The van der Waals surface area contributed by atoms with Gasteiger partial charge in [-0.05, 0) is 53.6 Å². The first-order chi connectivity index (χ1) is 17.8. The van der Waals surface area contributed by atoms with Crippen LogP contribution in [0.3, 0.4) is 0 Å². The second-order valence-electron chi connectivity index (χ2n) is 8.67. The minimum absolute atomic E-state index is 0. The monoisotopic (exact) mass is 662 g/mol. The molecule has 0 saturated carbocycles. The van der Waals surface area contributed by atoms with Gasteiger partial charge in [-0.1, -0.05) is 43.5 Å². The molecule has 4 nitrogen and oxygen atoms in total. The Morgan fingerprint density at radius 3 is 2.38 bits per heavy atom. The van der Waals surface area contributed by atoms with Crippen LogP contribution >= 0.6 is 0 Å². The molecule has 0 unspecified atom stereocenters. The van der Waals surface area contributed by atoms with Crippen LogP contribution in [0.1, 0.15) is 25.0 Å². The normalized spacial score (nSPS) is 11.0. The van der Waals surface area contributed by atoms with Gasteiger partial charge in [-0.25, -0.2) is 21.1 Å². The summed E-state index contributed by atoms with van der Waals surface area (Å²) in [5.41, 5.74) is 6.36. The molecule has 0 bridgehead atoms. The summed E-state index contributed by atoms with van der Waals surface area (Å²) in [6.45, 7) is 4.29. The van der Waals surface area contributed by atoms with Crippen molar-refractivity contribution in [3.8, 4) is 28.6 Å². The predicted molar refractivity (Wildman–Crippen MR) is 145 cm³/mol. The van der Waals surface area contributed by atoms with Gasteiger partial charge < -0.3 is 9.30 Å². The molecule has 6 aromatic rings. The van der Waals surface area contributed by atoms with E-state index in [1.807, 2.05) is 48.8 Å². The number of hydrogen-bond acceptors (Lipinski definition) is 3. The fraction of sp³-hybridized carbons (Fsp3) is 0.125. The Morgan fingerprint density at radius 1 is 0.730 bits per heavy atom. The Kier molecular flexibility index (Phi) is 7.21. The van der Waals surface area contributed by atoms with Crippen LogP contribution in [0.4, 0.5) is 0 Å². The number of ether oxygens (including phenoxy) is 1. The van der Waals surface area contributed by atoms with Crippen molar-refractivity contribution in [1.29, 1.82) is 0 Å². The molecule has 0 aliphatic carbocycles. The molecule has 0 spiro atoms. The van der Waals surface area contributed by atoms with Gasteiger partial charge in [0.05, 0.1) is 0 Å². The van der Waals surface area contributed by atoms with Crippen molar-refractivity contribution in [3.63, 3.8) is 0 Å². The summed E-state index contributed by atoms with van der Waals surface area (Å²) in [6, 6.07) is 33.7. The van der Waals surface area contributed by atoms with Crippen LogP contribution in [-0.2, 0) is 33.9 Å². The van der Waals surface area contributed by atoms with Gasteiger partial charge in [0.25, 0.3) is 0 Å². The fourth-order valence-corrected chi connectivity index (χ4v) is 4.85. The van der Waals surface area contributed by atoms with Crippen LogP contribution in [0, 0.1) is 12.1 Å². The Morgan fingerprint density at radius 2 is 1.57 bits per heavy atom. The maximum atomic E-state index is 6.24. The van der Waals surface area contributed by atoms with E-state index in [0.717, 1.165) is 51.8 Å². The quantitative estimate of drug-likeness (QED) is 0.171. The fourth-order valence-electron chi connectivity index (χ4n) is 4.85. The SMILES string of the molecule is CCc1ccnc(Oc2[c-]c(-c3[c-]c4c(cc3)c3ccccc3n4-c3ccccn3)ccc2)c1CC.[Pt+2]. The Balaban J connectivity index is 0.00000280. The average molecular weight is 663 g/mol. The first-order valence-electron chi connectivity index (χ1n) is 12.3. The number of nitrogens with zero attached hydrogens (tertiary/aromatic N) is 3. The first-order valence-corrected chi connectivity index (χ1v) is 12.3.